The van der Waals surface area contributed by atoms with Crippen LogP contribution in [-0.2, 0) is 4.74 Å². The summed E-state index contributed by atoms with van der Waals surface area (Å²) in [5.74, 6) is 2.48. The predicted molar refractivity (Wildman–Crippen MR) is 49.6 cm³/mol. The van der Waals surface area contributed by atoms with Crippen molar-refractivity contribution >= 4 is 0 Å². The molecule has 3 heteroatoms. The van der Waals surface area contributed by atoms with Gasteiger partial charge in [0.1, 0.15) is 6.61 Å². The van der Waals surface area contributed by atoms with Crippen molar-refractivity contribution < 1.29 is 9.84 Å². The zero-order chi connectivity index (χ0) is 10.3. The number of aliphatic hydroxyl groups is 1. The summed E-state index contributed by atoms with van der Waals surface area (Å²) in [4.78, 5) is 0. The Labute approximate surface area is 79.3 Å². The van der Waals surface area contributed by atoms with Crippen molar-refractivity contribution in [2.75, 3.05) is 6.61 Å². The second kappa shape index (κ2) is 6.48. The molecule has 13 heavy (non-hydrogen) atoms. The molecule has 0 heterocycles. The highest BCUT2D eigenvalue weighted by molar-refractivity contribution is 4.87. The Morgan fingerprint density at radius 1 is 1.54 bits per heavy atom. The molecule has 0 aliphatic heterocycles. The van der Waals surface area contributed by atoms with E-state index in [0.717, 1.165) is 0 Å². The van der Waals surface area contributed by atoms with Crippen LogP contribution in [0.15, 0.2) is 0 Å². The summed E-state index contributed by atoms with van der Waals surface area (Å²) in [6.45, 7) is 4.01. The first-order valence-corrected chi connectivity index (χ1v) is 4.23. The van der Waals surface area contributed by atoms with Crippen molar-refractivity contribution in [2.24, 2.45) is 5.92 Å². The molecule has 2 atom stereocenters. The third-order valence-electron chi connectivity index (χ3n) is 1.70. The molecule has 0 saturated carbocycles. The molecule has 0 saturated heterocycles. The molecule has 0 fully saturated rings. The minimum Gasteiger partial charge on any atom is -0.389 e. The summed E-state index contributed by atoms with van der Waals surface area (Å²) in [7, 11) is 0. The van der Waals surface area contributed by atoms with Crippen molar-refractivity contribution in [1.29, 1.82) is 5.26 Å². The maximum absolute atomic E-state index is 9.49. The normalized spacial score (nSPS) is 14.6. The van der Waals surface area contributed by atoms with Crippen molar-refractivity contribution in [1.82, 2.24) is 0 Å². The third kappa shape index (κ3) is 4.52. The van der Waals surface area contributed by atoms with Crippen molar-refractivity contribution in [3.8, 4) is 18.4 Å². The fourth-order valence-electron chi connectivity index (χ4n) is 1.10. The van der Waals surface area contributed by atoms with E-state index in [9.17, 15) is 5.11 Å². The Morgan fingerprint density at radius 2 is 2.15 bits per heavy atom. The summed E-state index contributed by atoms with van der Waals surface area (Å²) < 4.78 is 5.23. The quantitative estimate of drug-likeness (QED) is 0.642. The minimum atomic E-state index is -0.752. The Morgan fingerprint density at radius 3 is 2.54 bits per heavy atom. The lowest BCUT2D eigenvalue weighted by Crippen LogP contribution is -2.33. The SMILES string of the molecule is C#CCO[C@H](C(C)C)[C@H](O)CC#N. The van der Waals surface area contributed by atoms with Gasteiger partial charge in [-0.05, 0) is 5.92 Å². The Kier molecular flexibility index (Phi) is 5.97. The topological polar surface area (TPSA) is 53.2 Å². The monoisotopic (exact) mass is 181 g/mol. The lowest BCUT2D eigenvalue weighted by Gasteiger charge is -2.24. The van der Waals surface area contributed by atoms with Crippen molar-refractivity contribution in [3.63, 3.8) is 0 Å². The van der Waals surface area contributed by atoms with E-state index >= 15 is 0 Å². The third-order valence-corrected chi connectivity index (χ3v) is 1.70. The van der Waals surface area contributed by atoms with E-state index in [1.54, 1.807) is 0 Å². The fourth-order valence-corrected chi connectivity index (χ4v) is 1.10. The highest BCUT2D eigenvalue weighted by Gasteiger charge is 2.22. The van der Waals surface area contributed by atoms with Gasteiger partial charge >= 0.3 is 0 Å². The maximum atomic E-state index is 9.49. The molecule has 0 amide bonds. The van der Waals surface area contributed by atoms with Crippen LogP contribution in [0.3, 0.4) is 0 Å². The predicted octanol–water partition coefficient (Wildman–Crippen LogP) is 0.935. The van der Waals surface area contributed by atoms with E-state index in [2.05, 4.69) is 5.92 Å². The molecule has 0 bridgehead atoms. The van der Waals surface area contributed by atoms with Gasteiger partial charge in [-0.3, -0.25) is 0 Å². The van der Waals surface area contributed by atoms with Gasteiger partial charge in [-0.1, -0.05) is 19.8 Å². The van der Waals surface area contributed by atoms with Crippen LogP contribution in [0.4, 0.5) is 0 Å². The summed E-state index contributed by atoms with van der Waals surface area (Å²) in [5, 5.41) is 17.9. The van der Waals surface area contributed by atoms with Crippen LogP contribution in [-0.4, -0.2) is 23.9 Å². The molecule has 1 N–H and O–H groups in total. The van der Waals surface area contributed by atoms with Crippen molar-refractivity contribution in [3.05, 3.63) is 0 Å². The molecule has 72 valence electrons. The highest BCUT2D eigenvalue weighted by Crippen LogP contribution is 2.13. The summed E-state index contributed by atoms with van der Waals surface area (Å²) in [6, 6.07) is 1.90. The fraction of sp³-hybridized carbons (Fsp3) is 0.700. The van der Waals surface area contributed by atoms with Crippen LogP contribution in [0.1, 0.15) is 20.3 Å². The maximum Gasteiger partial charge on any atom is 0.107 e. The number of hydrogen-bond acceptors (Lipinski definition) is 3. The molecule has 0 aromatic rings. The lowest BCUT2D eigenvalue weighted by atomic mass is 10.00. The average Bonchev–Trinajstić information content (AvgIpc) is 2.05. The number of aliphatic hydroxyl groups excluding tert-OH is 1. The van der Waals surface area contributed by atoms with E-state index in [-0.39, 0.29) is 25.0 Å². The molecule has 0 rings (SSSR count). The van der Waals surface area contributed by atoms with E-state index in [1.165, 1.54) is 0 Å². The van der Waals surface area contributed by atoms with Gasteiger partial charge in [0.05, 0.1) is 24.7 Å². The first-order chi connectivity index (χ1) is 6.13. The second-order valence-electron chi connectivity index (χ2n) is 3.15. The largest absolute Gasteiger partial charge is 0.389 e. The molecule has 0 aliphatic rings. The number of rotatable bonds is 5. The molecule has 0 unspecified atom stereocenters. The molecule has 0 radical (unpaired) electrons. The Bertz CT molecular complexity index is 212. The van der Waals surface area contributed by atoms with Gasteiger partial charge in [0.25, 0.3) is 0 Å². The molecule has 0 aromatic heterocycles. The molecule has 3 nitrogen and oxygen atoms in total. The number of nitrogens with zero attached hydrogens (tertiary/aromatic N) is 1. The van der Waals surface area contributed by atoms with E-state index in [0.29, 0.717) is 0 Å². The molecule has 0 aromatic carbocycles. The lowest BCUT2D eigenvalue weighted by molar-refractivity contribution is -0.0471. The summed E-state index contributed by atoms with van der Waals surface area (Å²) >= 11 is 0. The molecule has 0 aliphatic carbocycles. The number of nitriles is 1. The second-order valence-corrected chi connectivity index (χ2v) is 3.15. The number of terminal acetylenes is 1. The minimum absolute atomic E-state index is 0.0768. The molecular formula is C10H15NO2. The van der Waals surface area contributed by atoms with Crippen LogP contribution in [0.5, 0.6) is 0 Å². The van der Waals surface area contributed by atoms with Crippen LogP contribution in [0, 0.1) is 29.6 Å². The first kappa shape index (κ1) is 12.0. The van der Waals surface area contributed by atoms with E-state index in [4.69, 9.17) is 16.4 Å². The van der Waals surface area contributed by atoms with Gasteiger partial charge in [-0.25, -0.2) is 0 Å². The van der Waals surface area contributed by atoms with Gasteiger partial charge < -0.3 is 9.84 Å². The van der Waals surface area contributed by atoms with E-state index < -0.39 is 6.10 Å². The molecular weight excluding hydrogens is 166 g/mol. The number of ether oxygens (including phenoxy) is 1. The van der Waals surface area contributed by atoms with Gasteiger partial charge in [-0.2, -0.15) is 5.26 Å². The van der Waals surface area contributed by atoms with E-state index in [1.807, 2.05) is 19.9 Å². The molecule has 0 spiro atoms. The first-order valence-electron chi connectivity index (χ1n) is 4.23. The van der Waals surface area contributed by atoms with Crippen molar-refractivity contribution in [2.45, 2.75) is 32.5 Å². The van der Waals surface area contributed by atoms with Crippen LogP contribution in [0.25, 0.3) is 0 Å². The van der Waals surface area contributed by atoms with Gasteiger partial charge in [0.2, 0.25) is 0 Å². The number of hydrogen-bond donors (Lipinski definition) is 1. The van der Waals surface area contributed by atoms with Crippen LogP contribution in [0.2, 0.25) is 0 Å². The Balaban J connectivity index is 4.10. The smallest absolute Gasteiger partial charge is 0.107 e. The standard InChI is InChI=1S/C10H15NO2/c1-4-7-13-10(8(2)3)9(12)5-6-11/h1,8-10,12H,5,7H2,2-3H3/t9-,10-/m1/s1. The van der Waals surface area contributed by atoms with Gasteiger partial charge in [0, 0.05) is 0 Å². The highest BCUT2D eigenvalue weighted by atomic mass is 16.5. The Hall–Kier alpha value is -1.03. The van der Waals surface area contributed by atoms with Crippen LogP contribution >= 0.6 is 0 Å². The van der Waals surface area contributed by atoms with Gasteiger partial charge in [-0.15, -0.1) is 6.42 Å². The van der Waals surface area contributed by atoms with Gasteiger partial charge in [0.15, 0.2) is 0 Å². The summed E-state index contributed by atoms with van der Waals surface area (Å²) in [6.07, 6.45) is 4.00. The summed E-state index contributed by atoms with van der Waals surface area (Å²) in [5.41, 5.74) is 0. The zero-order valence-electron chi connectivity index (χ0n) is 8.03. The zero-order valence-corrected chi connectivity index (χ0v) is 8.03. The van der Waals surface area contributed by atoms with Crippen LogP contribution < -0.4 is 0 Å². The average molecular weight is 181 g/mol.